The molecule has 6 nitrogen and oxygen atoms in total. The minimum absolute atomic E-state index is 0.0548. The third kappa shape index (κ3) is 4.81. The van der Waals surface area contributed by atoms with E-state index >= 15 is 0 Å². The fourth-order valence-corrected chi connectivity index (χ4v) is 4.43. The summed E-state index contributed by atoms with van der Waals surface area (Å²) in [6.45, 7) is 1.66. The van der Waals surface area contributed by atoms with Gasteiger partial charge in [0.1, 0.15) is 5.82 Å². The van der Waals surface area contributed by atoms with Crippen LogP contribution in [0.2, 0.25) is 0 Å². The van der Waals surface area contributed by atoms with E-state index in [1.165, 1.54) is 29.4 Å². The van der Waals surface area contributed by atoms with Crippen LogP contribution < -0.4 is 5.32 Å². The molecule has 164 valence electrons. The lowest BCUT2D eigenvalue weighted by Crippen LogP contribution is -2.56. The topological polar surface area (TPSA) is 68.2 Å². The standard InChI is InChI=1S/C21H21F3N4O2S/c1-21(23,24)18-7-6-15(31-18)10-28-12-25-19(26-20(28)30)27-9-8-16(17(29)11-27)13-2-4-14(22)5-3-13/h2-8,12,17,19,29H,9-11H2,1H3,(H,26,30)/t17-,19?/m0/s1. The zero-order valence-electron chi connectivity index (χ0n) is 16.6. The number of aliphatic hydroxyl groups excluding tert-OH is 1. The van der Waals surface area contributed by atoms with Crippen LogP contribution in [0.1, 0.15) is 22.2 Å². The monoisotopic (exact) mass is 450 g/mol. The molecule has 0 spiro atoms. The smallest absolute Gasteiger partial charge is 0.325 e. The van der Waals surface area contributed by atoms with Gasteiger partial charge >= 0.3 is 6.03 Å². The molecule has 2 atom stereocenters. The van der Waals surface area contributed by atoms with Gasteiger partial charge in [-0.3, -0.25) is 9.80 Å². The minimum atomic E-state index is -2.92. The van der Waals surface area contributed by atoms with Crippen LogP contribution in [0.25, 0.3) is 5.57 Å². The number of aliphatic imine (C=N–C) groups is 1. The molecule has 0 bridgehead atoms. The second-order valence-corrected chi connectivity index (χ2v) is 8.67. The summed E-state index contributed by atoms with van der Waals surface area (Å²) in [4.78, 5) is 20.5. The van der Waals surface area contributed by atoms with Crippen molar-refractivity contribution >= 4 is 29.3 Å². The highest BCUT2D eigenvalue weighted by atomic mass is 32.1. The maximum absolute atomic E-state index is 13.4. The molecule has 2 N–H and O–H groups in total. The van der Waals surface area contributed by atoms with E-state index in [0.29, 0.717) is 17.0 Å². The summed E-state index contributed by atoms with van der Waals surface area (Å²) in [5.74, 6) is -3.26. The van der Waals surface area contributed by atoms with E-state index in [0.717, 1.165) is 23.8 Å². The number of halogens is 3. The van der Waals surface area contributed by atoms with Gasteiger partial charge in [0.25, 0.3) is 5.92 Å². The summed E-state index contributed by atoms with van der Waals surface area (Å²) >= 11 is 0.956. The predicted molar refractivity (Wildman–Crippen MR) is 112 cm³/mol. The molecule has 0 fully saturated rings. The van der Waals surface area contributed by atoms with Crippen molar-refractivity contribution < 1.29 is 23.1 Å². The van der Waals surface area contributed by atoms with E-state index in [4.69, 9.17) is 0 Å². The first-order chi connectivity index (χ1) is 14.7. The van der Waals surface area contributed by atoms with Gasteiger partial charge in [0.05, 0.1) is 23.9 Å². The number of nitrogens with one attached hydrogen (secondary N) is 1. The predicted octanol–water partition coefficient (Wildman–Crippen LogP) is 3.60. The lowest BCUT2D eigenvalue weighted by molar-refractivity contribution is 0.0215. The van der Waals surface area contributed by atoms with Crippen LogP contribution >= 0.6 is 11.3 Å². The number of carbonyl (C=O) groups is 1. The fourth-order valence-electron chi connectivity index (χ4n) is 3.49. The Morgan fingerprint density at radius 3 is 2.61 bits per heavy atom. The number of β-amino-alcohol motifs (C(OH)–C–C–N with tert-alkyl or cyclic N) is 1. The first-order valence-corrected chi connectivity index (χ1v) is 10.5. The molecule has 1 aromatic heterocycles. The number of aliphatic hydroxyl groups is 1. The van der Waals surface area contributed by atoms with Crippen molar-refractivity contribution in [2.75, 3.05) is 13.1 Å². The van der Waals surface area contributed by atoms with Crippen LogP contribution in [-0.2, 0) is 12.5 Å². The van der Waals surface area contributed by atoms with Gasteiger partial charge in [0.2, 0.25) is 0 Å². The molecule has 0 saturated carbocycles. The molecule has 2 aliphatic rings. The van der Waals surface area contributed by atoms with Crippen LogP contribution in [-0.4, -0.2) is 52.8 Å². The van der Waals surface area contributed by atoms with Crippen molar-refractivity contribution in [1.29, 1.82) is 0 Å². The number of alkyl halides is 2. The van der Waals surface area contributed by atoms with Gasteiger partial charge in [0, 0.05) is 24.9 Å². The molecule has 10 heteroatoms. The zero-order chi connectivity index (χ0) is 22.2. The van der Waals surface area contributed by atoms with Gasteiger partial charge < -0.3 is 10.4 Å². The van der Waals surface area contributed by atoms with Crippen molar-refractivity contribution in [1.82, 2.24) is 15.1 Å². The minimum Gasteiger partial charge on any atom is -0.387 e. The molecule has 4 rings (SSSR count). The second kappa shape index (κ2) is 8.45. The Hall–Kier alpha value is -2.69. The molecule has 1 aromatic carbocycles. The average Bonchev–Trinajstić information content (AvgIpc) is 3.19. The second-order valence-electron chi connectivity index (χ2n) is 7.51. The van der Waals surface area contributed by atoms with E-state index in [9.17, 15) is 23.1 Å². The molecule has 0 aliphatic carbocycles. The summed E-state index contributed by atoms with van der Waals surface area (Å²) in [6, 6.07) is 8.45. The highest BCUT2D eigenvalue weighted by Crippen LogP contribution is 2.33. The maximum Gasteiger partial charge on any atom is 0.325 e. The van der Waals surface area contributed by atoms with Crippen LogP contribution in [0.4, 0.5) is 18.0 Å². The summed E-state index contributed by atoms with van der Waals surface area (Å²) in [6.07, 6.45) is 1.75. The molecular weight excluding hydrogens is 429 g/mol. The van der Waals surface area contributed by atoms with Crippen molar-refractivity contribution in [3.63, 3.8) is 0 Å². The maximum atomic E-state index is 13.4. The van der Waals surface area contributed by atoms with Crippen molar-refractivity contribution in [2.24, 2.45) is 4.99 Å². The van der Waals surface area contributed by atoms with Gasteiger partial charge in [-0.1, -0.05) is 18.2 Å². The average molecular weight is 450 g/mol. The van der Waals surface area contributed by atoms with Gasteiger partial charge in [-0.15, -0.1) is 11.3 Å². The Labute approximate surface area is 181 Å². The van der Waals surface area contributed by atoms with E-state index in [1.807, 2.05) is 6.08 Å². The molecule has 2 aliphatic heterocycles. The van der Waals surface area contributed by atoms with E-state index in [2.05, 4.69) is 10.3 Å². The normalized spacial score (nSPS) is 22.4. The number of hydrogen-bond acceptors (Lipinski definition) is 5. The number of hydrogen-bond donors (Lipinski definition) is 2. The van der Waals surface area contributed by atoms with E-state index in [-0.39, 0.29) is 23.8 Å². The third-order valence-corrected chi connectivity index (χ3v) is 6.36. The summed E-state index contributed by atoms with van der Waals surface area (Å²) in [5.41, 5.74) is 1.44. The molecule has 2 aromatic rings. The number of nitrogens with zero attached hydrogens (tertiary/aromatic N) is 3. The highest BCUT2D eigenvalue weighted by molar-refractivity contribution is 7.12. The lowest BCUT2D eigenvalue weighted by Gasteiger charge is -2.37. The number of benzene rings is 1. The Morgan fingerprint density at radius 1 is 1.26 bits per heavy atom. The summed E-state index contributed by atoms with van der Waals surface area (Å²) < 4.78 is 40.0. The molecule has 0 radical (unpaired) electrons. The molecule has 1 unspecified atom stereocenters. The Bertz CT molecular complexity index is 1020. The Kier molecular flexibility index (Phi) is 5.87. The van der Waals surface area contributed by atoms with Gasteiger partial charge in [-0.05, 0) is 35.4 Å². The van der Waals surface area contributed by atoms with Gasteiger partial charge in [-0.2, -0.15) is 0 Å². The van der Waals surface area contributed by atoms with Crippen molar-refractivity contribution in [3.05, 3.63) is 63.6 Å². The Morgan fingerprint density at radius 2 is 2.00 bits per heavy atom. The Balaban J connectivity index is 1.40. The SMILES string of the molecule is CC(F)(F)c1ccc(CN2C=NC(N3CC=C(c4ccc(F)cc4)[C@@H](O)C3)NC2=O)s1. The van der Waals surface area contributed by atoms with E-state index < -0.39 is 24.3 Å². The highest BCUT2D eigenvalue weighted by Gasteiger charge is 2.31. The number of carbonyl (C=O) groups excluding carboxylic acids is 1. The fraction of sp³-hybridized carbons (Fsp3) is 0.333. The summed E-state index contributed by atoms with van der Waals surface area (Å²) in [5, 5.41) is 13.3. The zero-order valence-corrected chi connectivity index (χ0v) is 17.5. The van der Waals surface area contributed by atoms with Crippen molar-refractivity contribution in [2.45, 2.75) is 31.8 Å². The lowest BCUT2D eigenvalue weighted by atomic mass is 9.97. The number of amides is 2. The van der Waals surface area contributed by atoms with Gasteiger partial charge in [-0.25, -0.2) is 23.0 Å². The summed E-state index contributed by atoms with van der Waals surface area (Å²) in [7, 11) is 0. The largest absolute Gasteiger partial charge is 0.387 e. The number of thiophene rings is 1. The molecule has 2 amide bonds. The first kappa shape index (κ1) is 21.5. The van der Waals surface area contributed by atoms with Crippen molar-refractivity contribution in [3.8, 4) is 0 Å². The molecular formula is C21H21F3N4O2S. The number of rotatable bonds is 5. The van der Waals surface area contributed by atoms with Crippen LogP contribution in [0.15, 0.2) is 47.5 Å². The van der Waals surface area contributed by atoms with E-state index in [1.54, 1.807) is 23.1 Å². The first-order valence-electron chi connectivity index (χ1n) is 9.66. The van der Waals surface area contributed by atoms with Crippen LogP contribution in [0, 0.1) is 5.82 Å². The number of urea groups is 1. The quantitative estimate of drug-likeness (QED) is 0.732. The molecule has 0 saturated heterocycles. The molecule has 3 heterocycles. The van der Waals surface area contributed by atoms with Crippen LogP contribution in [0.5, 0.6) is 0 Å². The third-order valence-electron chi connectivity index (χ3n) is 5.12. The van der Waals surface area contributed by atoms with Gasteiger partial charge in [0.15, 0.2) is 6.29 Å². The molecule has 31 heavy (non-hydrogen) atoms. The van der Waals surface area contributed by atoms with Crippen LogP contribution in [0.3, 0.4) is 0 Å².